The average molecular weight is 419 g/mol. The maximum absolute atomic E-state index is 13.0. The fourth-order valence-electron chi connectivity index (χ4n) is 3.11. The summed E-state index contributed by atoms with van der Waals surface area (Å²) in [5.41, 5.74) is 3.49. The normalized spacial score (nSPS) is 11.5. The lowest BCUT2D eigenvalue weighted by Gasteiger charge is -2.19. The summed E-state index contributed by atoms with van der Waals surface area (Å²) in [4.78, 5) is 12.3. The lowest BCUT2D eigenvalue weighted by molar-refractivity contribution is 0.104. The lowest BCUT2D eigenvalue weighted by atomic mass is 9.87. The zero-order valence-electron chi connectivity index (χ0n) is 18.3. The number of carbonyl (C=O) groups is 1. The van der Waals surface area contributed by atoms with Crippen molar-refractivity contribution >= 4 is 11.9 Å². The van der Waals surface area contributed by atoms with Gasteiger partial charge in [0.2, 0.25) is 0 Å². The van der Waals surface area contributed by atoms with E-state index in [0.29, 0.717) is 17.9 Å². The van der Waals surface area contributed by atoms with Gasteiger partial charge in [-0.2, -0.15) is 0 Å². The Morgan fingerprint density at radius 1 is 0.968 bits per heavy atom. The van der Waals surface area contributed by atoms with Gasteiger partial charge in [-0.1, -0.05) is 45.0 Å². The lowest BCUT2D eigenvalue weighted by Crippen LogP contribution is -2.10. The van der Waals surface area contributed by atoms with Gasteiger partial charge in [0.15, 0.2) is 5.78 Å². The Hall–Kier alpha value is -3.40. The Bertz CT molecular complexity index is 1060. The number of methoxy groups -OCH3 is 1. The molecule has 0 amide bonds. The molecule has 4 heteroatoms. The summed E-state index contributed by atoms with van der Waals surface area (Å²) in [5, 5.41) is 0. The van der Waals surface area contributed by atoms with Crippen LogP contribution in [-0.2, 0) is 12.0 Å². The number of carbonyl (C=O) groups excluding carboxylic acids is 1. The fraction of sp³-hybridized carbons (Fsp3) is 0.222. The second-order valence-electron chi connectivity index (χ2n) is 8.34. The van der Waals surface area contributed by atoms with E-state index in [1.807, 2.05) is 30.3 Å². The molecule has 0 N–H and O–H groups in total. The van der Waals surface area contributed by atoms with Crippen LogP contribution in [0.15, 0.2) is 72.8 Å². The van der Waals surface area contributed by atoms with Gasteiger partial charge in [-0.25, -0.2) is 4.39 Å². The molecule has 0 aromatic heterocycles. The van der Waals surface area contributed by atoms with Gasteiger partial charge >= 0.3 is 0 Å². The summed E-state index contributed by atoms with van der Waals surface area (Å²) >= 11 is 0. The summed E-state index contributed by atoms with van der Waals surface area (Å²) in [7, 11) is 1.62. The summed E-state index contributed by atoms with van der Waals surface area (Å²) in [6, 6.07) is 19.2. The molecule has 3 aromatic rings. The first-order valence-corrected chi connectivity index (χ1v) is 10.1. The second kappa shape index (κ2) is 9.61. The summed E-state index contributed by atoms with van der Waals surface area (Å²) in [6.07, 6.45) is 3.21. The minimum Gasteiger partial charge on any atom is -0.496 e. The molecule has 0 radical (unpaired) electrons. The quantitative estimate of drug-likeness (QED) is 0.320. The Labute approximate surface area is 183 Å². The monoisotopic (exact) mass is 418 g/mol. The van der Waals surface area contributed by atoms with Crippen molar-refractivity contribution in [3.8, 4) is 11.5 Å². The first-order valence-electron chi connectivity index (χ1n) is 10.1. The Balaban J connectivity index is 1.71. The highest BCUT2D eigenvalue weighted by atomic mass is 19.1. The van der Waals surface area contributed by atoms with E-state index in [9.17, 15) is 9.18 Å². The van der Waals surface area contributed by atoms with Crippen LogP contribution in [0.25, 0.3) is 6.08 Å². The minimum absolute atomic E-state index is 0.0910. The minimum atomic E-state index is -0.367. The highest BCUT2D eigenvalue weighted by molar-refractivity contribution is 6.06. The molecule has 0 spiro atoms. The van der Waals surface area contributed by atoms with Crippen molar-refractivity contribution in [3.05, 3.63) is 101 Å². The SMILES string of the molecule is COc1ccc(/C=C/C(=O)c2ccc(F)cc2)cc1COc1ccc(C(C)(C)C)cc1. The van der Waals surface area contributed by atoms with E-state index >= 15 is 0 Å². The highest BCUT2D eigenvalue weighted by Gasteiger charge is 2.13. The van der Waals surface area contributed by atoms with Crippen molar-refractivity contribution in [1.29, 1.82) is 0 Å². The van der Waals surface area contributed by atoms with Crippen molar-refractivity contribution in [1.82, 2.24) is 0 Å². The standard InChI is InChI=1S/C27H27FO3/c1-27(2,3)22-9-13-24(14-10-22)31-18-21-17-19(6-16-26(21)30-4)5-15-25(29)20-7-11-23(28)12-8-20/h5-17H,18H2,1-4H3/b15-5+. The number of hydrogen-bond acceptors (Lipinski definition) is 3. The molecule has 0 fully saturated rings. The van der Waals surface area contributed by atoms with Crippen LogP contribution in [0, 0.1) is 5.82 Å². The number of allylic oxidation sites excluding steroid dienone is 1. The van der Waals surface area contributed by atoms with Gasteiger partial charge in [0.1, 0.15) is 23.9 Å². The molecule has 3 rings (SSSR count). The molecule has 0 heterocycles. The van der Waals surface area contributed by atoms with Gasteiger partial charge in [-0.05, 0) is 71.1 Å². The van der Waals surface area contributed by atoms with Gasteiger partial charge in [0.05, 0.1) is 7.11 Å². The van der Waals surface area contributed by atoms with Crippen molar-refractivity contribution in [2.24, 2.45) is 0 Å². The summed E-state index contributed by atoms with van der Waals surface area (Å²) in [6.45, 7) is 6.86. The van der Waals surface area contributed by atoms with Crippen LogP contribution in [-0.4, -0.2) is 12.9 Å². The molecule has 0 aliphatic rings. The molecule has 0 bridgehead atoms. The number of benzene rings is 3. The average Bonchev–Trinajstić information content (AvgIpc) is 2.76. The predicted molar refractivity (Wildman–Crippen MR) is 122 cm³/mol. The van der Waals surface area contributed by atoms with E-state index in [1.54, 1.807) is 13.2 Å². The Morgan fingerprint density at radius 2 is 1.65 bits per heavy atom. The molecule has 160 valence electrons. The van der Waals surface area contributed by atoms with Crippen LogP contribution in [0.3, 0.4) is 0 Å². The zero-order chi connectivity index (χ0) is 22.4. The van der Waals surface area contributed by atoms with Crippen LogP contribution in [0.4, 0.5) is 4.39 Å². The fourth-order valence-corrected chi connectivity index (χ4v) is 3.11. The van der Waals surface area contributed by atoms with E-state index < -0.39 is 0 Å². The molecule has 0 saturated heterocycles. The van der Waals surface area contributed by atoms with E-state index in [4.69, 9.17) is 9.47 Å². The third-order valence-electron chi connectivity index (χ3n) is 4.98. The van der Waals surface area contributed by atoms with Crippen molar-refractivity contribution in [2.75, 3.05) is 7.11 Å². The second-order valence-corrected chi connectivity index (χ2v) is 8.34. The smallest absolute Gasteiger partial charge is 0.185 e. The molecule has 0 aliphatic heterocycles. The first kappa shape index (κ1) is 22.3. The zero-order valence-corrected chi connectivity index (χ0v) is 18.3. The number of ketones is 1. The highest BCUT2D eigenvalue weighted by Crippen LogP contribution is 2.26. The Kier molecular flexibility index (Phi) is 6.91. The maximum atomic E-state index is 13.0. The molecule has 0 atom stereocenters. The van der Waals surface area contributed by atoms with Crippen LogP contribution in [0.1, 0.15) is 47.8 Å². The van der Waals surface area contributed by atoms with Crippen molar-refractivity contribution in [3.63, 3.8) is 0 Å². The molecule has 0 saturated carbocycles. The molecule has 0 aliphatic carbocycles. The van der Waals surface area contributed by atoms with Crippen molar-refractivity contribution < 1.29 is 18.7 Å². The van der Waals surface area contributed by atoms with Gasteiger partial charge < -0.3 is 9.47 Å². The molecular weight excluding hydrogens is 391 g/mol. The van der Waals surface area contributed by atoms with Crippen LogP contribution in [0.2, 0.25) is 0 Å². The predicted octanol–water partition coefficient (Wildman–Crippen LogP) is 6.61. The maximum Gasteiger partial charge on any atom is 0.185 e. The van der Waals surface area contributed by atoms with E-state index in [-0.39, 0.29) is 17.0 Å². The van der Waals surface area contributed by atoms with Crippen molar-refractivity contribution in [2.45, 2.75) is 32.8 Å². The van der Waals surface area contributed by atoms with Crippen LogP contribution >= 0.6 is 0 Å². The van der Waals surface area contributed by atoms with Gasteiger partial charge in [-0.3, -0.25) is 4.79 Å². The topological polar surface area (TPSA) is 35.5 Å². The molecule has 31 heavy (non-hydrogen) atoms. The van der Waals surface area contributed by atoms with E-state index in [0.717, 1.165) is 16.9 Å². The largest absolute Gasteiger partial charge is 0.496 e. The van der Waals surface area contributed by atoms with Gasteiger partial charge in [0.25, 0.3) is 0 Å². The van der Waals surface area contributed by atoms with Crippen LogP contribution in [0.5, 0.6) is 11.5 Å². The van der Waals surface area contributed by atoms with Gasteiger partial charge in [-0.15, -0.1) is 0 Å². The van der Waals surface area contributed by atoms with Crippen LogP contribution < -0.4 is 9.47 Å². The summed E-state index contributed by atoms with van der Waals surface area (Å²) in [5.74, 6) is 0.941. The Morgan fingerprint density at radius 3 is 2.26 bits per heavy atom. The third kappa shape index (κ3) is 6.05. The third-order valence-corrected chi connectivity index (χ3v) is 4.98. The molecule has 3 aromatic carbocycles. The number of rotatable bonds is 7. The molecular formula is C27H27FO3. The molecule has 3 nitrogen and oxygen atoms in total. The van der Waals surface area contributed by atoms with E-state index in [1.165, 1.54) is 35.9 Å². The molecule has 0 unspecified atom stereocenters. The number of ether oxygens (including phenoxy) is 2. The van der Waals surface area contributed by atoms with E-state index in [2.05, 4.69) is 32.9 Å². The first-order chi connectivity index (χ1) is 14.8. The number of hydrogen-bond donors (Lipinski definition) is 0. The number of halogens is 1. The van der Waals surface area contributed by atoms with Gasteiger partial charge in [0, 0.05) is 11.1 Å². The summed E-state index contributed by atoms with van der Waals surface area (Å²) < 4.78 is 24.4.